The first-order valence-corrected chi connectivity index (χ1v) is 6.67. The Balaban J connectivity index is 2.17. The molecular formula is C13H22N4O2. The zero-order valence-electron chi connectivity index (χ0n) is 11.8. The third-order valence-electron chi connectivity index (χ3n) is 3.16. The number of H-pyrrole nitrogens is 1. The van der Waals surface area contributed by atoms with Crippen LogP contribution in [0.1, 0.15) is 51.8 Å². The van der Waals surface area contributed by atoms with Crippen LogP contribution in [0.2, 0.25) is 0 Å². The molecule has 6 nitrogen and oxygen atoms in total. The van der Waals surface area contributed by atoms with Crippen molar-refractivity contribution in [2.75, 3.05) is 12.3 Å². The number of likely N-dealkylation sites (tertiary alicyclic amines) is 1. The molecule has 0 radical (unpaired) electrons. The van der Waals surface area contributed by atoms with E-state index < -0.39 is 5.60 Å². The molecule has 2 rings (SSSR count). The zero-order valence-corrected chi connectivity index (χ0v) is 11.8. The predicted molar refractivity (Wildman–Crippen MR) is 72.5 cm³/mol. The highest BCUT2D eigenvalue weighted by Gasteiger charge is 2.33. The van der Waals surface area contributed by atoms with E-state index in [0.29, 0.717) is 12.2 Å². The molecule has 1 saturated heterocycles. The molecule has 3 N–H and O–H groups in total. The molecule has 0 spiro atoms. The van der Waals surface area contributed by atoms with Crippen molar-refractivity contribution in [3.05, 3.63) is 11.9 Å². The number of nitrogens with one attached hydrogen (secondary N) is 1. The summed E-state index contributed by atoms with van der Waals surface area (Å²) in [6.07, 6.45) is 4.24. The molecule has 1 unspecified atom stereocenters. The van der Waals surface area contributed by atoms with Gasteiger partial charge in [0.2, 0.25) is 0 Å². The first kappa shape index (κ1) is 13.7. The molecule has 1 aliphatic heterocycles. The van der Waals surface area contributed by atoms with E-state index >= 15 is 0 Å². The van der Waals surface area contributed by atoms with Crippen molar-refractivity contribution in [1.29, 1.82) is 0 Å². The molecule has 19 heavy (non-hydrogen) atoms. The van der Waals surface area contributed by atoms with E-state index in [9.17, 15) is 4.79 Å². The second kappa shape index (κ2) is 5.11. The third-order valence-corrected chi connectivity index (χ3v) is 3.16. The first-order chi connectivity index (χ1) is 8.88. The Hall–Kier alpha value is -1.72. The van der Waals surface area contributed by atoms with E-state index in [4.69, 9.17) is 10.5 Å². The molecule has 0 saturated carbocycles. The van der Waals surface area contributed by atoms with Gasteiger partial charge in [0.25, 0.3) is 0 Å². The zero-order chi connectivity index (χ0) is 14.0. The van der Waals surface area contributed by atoms with Crippen molar-refractivity contribution < 1.29 is 9.53 Å². The van der Waals surface area contributed by atoms with Crippen LogP contribution in [-0.4, -0.2) is 33.3 Å². The summed E-state index contributed by atoms with van der Waals surface area (Å²) in [5.41, 5.74) is 6.81. The van der Waals surface area contributed by atoms with Crippen LogP contribution in [0, 0.1) is 0 Å². The molecule has 1 aromatic heterocycles. The minimum absolute atomic E-state index is 0.0638. The van der Waals surface area contributed by atoms with E-state index in [1.165, 1.54) is 0 Å². The normalized spacial score (nSPS) is 20.4. The van der Waals surface area contributed by atoms with Crippen LogP contribution in [0.4, 0.5) is 10.5 Å². The molecule has 1 atom stereocenters. The maximum Gasteiger partial charge on any atom is 0.410 e. The standard InChI is InChI=1S/C13H22N4O2/c1-13(2,3)19-12(18)17-7-5-4-6-10(17)11-9(14)8-15-16-11/h8,10H,4-7,14H2,1-3H3,(H,15,16). The van der Waals surface area contributed by atoms with E-state index in [-0.39, 0.29) is 12.1 Å². The van der Waals surface area contributed by atoms with Crippen molar-refractivity contribution in [1.82, 2.24) is 15.1 Å². The topological polar surface area (TPSA) is 84.2 Å². The molecule has 1 fully saturated rings. The quantitative estimate of drug-likeness (QED) is 0.817. The van der Waals surface area contributed by atoms with Crippen molar-refractivity contribution in [3.8, 4) is 0 Å². The smallest absolute Gasteiger partial charge is 0.410 e. The van der Waals surface area contributed by atoms with Gasteiger partial charge in [0.1, 0.15) is 5.60 Å². The molecule has 0 aromatic carbocycles. The fourth-order valence-electron chi connectivity index (χ4n) is 2.34. The van der Waals surface area contributed by atoms with Gasteiger partial charge < -0.3 is 10.5 Å². The number of rotatable bonds is 1. The molecule has 6 heteroatoms. The highest BCUT2D eigenvalue weighted by atomic mass is 16.6. The van der Waals surface area contributed by atoms with Gasteiger partial charge in [-0.1, -0.05) is 0 Å². The summed E-state index contributed by atoms with van der Waals surface area (Å²) in [7, 11) is 0. The number of ether oxygens (including phenoxy) is 1. The number of nitrogen functional groups attached to an aromatic ring is 1. The van der Waals surface area contributed by atoms with E-state index in [1.807, 2.05) is 20.8 Å². The van der Waals surface area contributed by atoms with Crippen LogP contribution in [0.3, 0.4) is 0 Å². The number of nitrogens with zero attached hydrogens (tertiary/aromatic N) is 2. The number of hydrogen-bond donors (Lipinski definition) is 2. The lowest BCUT2D eigenvalue weighted by Crippen LogP contribution is -2.42. The van der Waals surface area contributed by atoms with Crippen LogP contribution < -0.4 is 5.73 Å². The number of hydrogen-bond acceptors (Lipinski definition) is 4. The number of amides is 1. The van der Waals surface area contributed by atoms with Crippen LogP contribution in [0.15, 0.2) is 6.20 Å². The van der Waals surface area contributed by atoms with Gasteiger partial charge in [-0.05, 0) is 40.0 Å². The molecule has 0 aliphatic carbocycles. The highest BCUT2D eigenvalue weighted by Crippen LogP contribution is 2.33. The van der Waals surface area contributed by atoms with Crippen LogP contribution in [0.5, 0.6) is 0 Å². The van der Waals surface area contributed by atoms with Crippen LogP contribution >= 0.6 is 0 Å². The largest absolute Gasteiger partial charge is 0.444 e. The van der Waals surface area contributed by atoms with Gasteiger partial charge in [-0.3, -0.25) is 10.00 Å². The highest BCUT2D eigenvalue weighted by molar-refractivity contribution is 5.69. The number of carbonyl (C=O) groups excluding carboxylic acids is 1. The Morgan fingerprint density at radius 2 is 2.26 bits per heavy atom. The number of nitrogens with two attached hydrogens (primary N) is 1. The summed E-state index contributed by atoms with van der Waals surface area (Å²) in [5, 5.41) is 6.83. The fraction of sp³-hybridized carbons (Fsp3) is 0.692. The summed E-state index contributed by atoms with van der Waals surface area (Å²) in [6, 6.07) is -0.0638. The van der Waals surface area contributed by atoms with Gasteiger partial charge in [0.15, 0.2) is 0 Å². The van der Waals surface area contributed by atoms with E-state index in [1.54, 1.807) is 11.1 Å². The van der Waals surface area contributed by atoms with Crippen molar-refractivity contribution >= 4 is 11.8 Å². The molecular weight excluding hydrogens is 244 g/mol. The van der Waals surface area contributed by atoms with Crippen molar-refractivity contribution in [2.45, 2.75) is 51.7 Å². The molecule has 1 aromatic rings. The lowest BCUT2D eigenvalue weighted by molar-refractivity contribution is 0.00910. The van der Waals surface area contributed by atoms with Crippen LogP contribution in [-0.2, 0) is 4.74 Å². The molecule has 2 heterocycles. The Kier molecular flexibility index (Phi) is 3.68. The summed E-state index contributed by atoms with van der Waals surface area (Å²) in [6.45, 7) is 6.30. The third kappa shape index (κ3) is 3.19. The predicted octanol–water partition coefficient (Wildman–Crippen LogP) is 2.45. The average Bonchev–Trinajstić information content (AvgIpc) is 2.73. The number of piperidine rings is 1. The monoisotopic (exact) mass is 266 g/mol. The average molecular weight is 266 g/mol. The maximum absolute atomic E-state index is 12.3. The number of carbonyl (C=O) groups is 1. The lowest BCUT2D eigenvalue weighted by Gasteiger charge is -2.36. The SMILES string of the molecule is CC(C)(C)OC(=O)N1CCCCC1c1[nH]ncc1N. The number of anilines is 1. The Morgan fingerprint density at radius 1 is 1.53 bits per heavy atom. The summed E-state index contributed by atoms with van der Waals surface area (Å²) >= 11 is 0. The van der Waals surface area contributed by atoms with Gasteiger partial charge in [0, 0.05) is 6.54 Å². The van der Waals surface area contributed by atoms with Crippen molar-refractivity contribution in [3.63, 3.8) is 0 Å². The number of aromatic amines is 1. The summed E-state index contributed by atoms with van der Waals surface area (Å²) in [5.74, 6) is 0. The minimum Gasteiger partial charge on any atom is -0.444 e. The van der Waals surface area contributed by atoms with E-state index in [2.05, 4.69) is 10.2 Å². The summed E-state index contributed by atoms with van der Waals surface area (Å²) in [4.78, 5) is 14.0. The van der Waals surface area contributed by atoms with Gasteiger partial charge in [-0.15, -0.1) is 0 Å². The first-order valence-electron chi connectivity index (χ1n) is 6.67. The lowest BCUT2D eigenvalue weighted by atomic mass is 9.99. The molecule has 1 amide bonds. The molecule has 1 aliphatic rings. The Labute approximate surface area is 113 Å². The summed E-state index contributed by atoms with van der Waals surface area (Å²) < 4.78 is 5.46. The second-order valence-corrected chi connectivity index (χ2v) is 5.92. The number of aromatic nitrogens is 2. The minimum atomic E-state index is -0.487. The second-order valence-electron chi connectivity index (χ2n) is 5.92. The molecule has 0 bridgehead atoms. The maximum atomic E-state index is 12.3. The Morgan fingerprint density at radius 3 is 2.84 bits per heavy atom. The van der Waals surface area contributed by atoms with Gasteiger partial charge in [-0.2, -0.15) is 5.10 Å². The van der Waals surface area contributed by atoms with Crippen molar-refractivity contribution in [2.24, 2.45) is 0 Å². The Bertz CT molecular complexity index is 450. The van der Waals surface area contributed by atoms with E-state index in [0.717, 1.165) is 25.0 Å². The molecule has 106 valence electrons. The van der Waals surface area contributed by atoms with Gasteiger partial charge >= 0.3 is 6.09 Å². The van der Waals surface area contributed by atoms with Crippen LogP contribution in [0.25, 0.3) is 0 Å². The van der Waals surface area contributed by atoms with Gasteiger partial charge in [0.05, 0.1) is 23.6 Å². The van der Waals surface area contributed by atoms with Gasteiger partial charge in [-0.25, -0.2) is 4.79 Å². The fourth-order valence-corrected chi connectivity index (χ4v) is 2.34.